The molecule has 6 nitrogen and oxygen atoms in total. The molecule has 384 valence electrons. The molecule has 6 heteroatoms. The molecule has 0 aromatic heterocycles. The van der Waals surface area contributed by atoms with Crippen molar-refractivity contribution in [2.24, 2.45) is 0 Å². The summed E-state index contributed by atoms with van der Waals surface area (Å²) in [4.78, 5) is 38.0. The van der Waals surface area contributed by atoms with Crippen molar-refractivity contribution >= 4 is 17.9 Å². The molecule has 66 heavy (non-hydrogen) atoms. The van der Waals surface area contributed by atoms with Gasteiger partial charge in [-0.15, -0.1) is 0 Å². The Morgan fingerprint density at radius 3 is 0.924 bits per heavy atom. The molecule has 0 radical (unpaired) electrons. The van der Waals surface area contributed by atoms with Gasteiger partial charge in [0.1, 0.15) is 13.2 Å². The number of carbonyl (C=O) groups is 3. The van der Waals surface area contributed by atoms with Crippen LogP contribution in [0.5, 0.6) is 0 Å². The van der Waals surface area contributed by atoms with E-state index < -0.39 is 6.10 Å². The number of esters is 3. The summed E-state index contributed by atoms with van der Waals surface area (Å²) >= 11 is 0. The van der Waals surface area contributed by atoms with Gasteiger partial charge in [0.25, 0.3) is 0 Å². The number of carbonyl (C=O) groups excluding carboxylic acids is 3. The minimum absolute atomic E-state index is 0.0771. The van der Waals surface area contributed by atoms with Crippen LogP contribution < -0.4 is 0 Å². The molecule has 0 saturated carbocycles. The summed E-state index contributed by atoms with van der Waals surface area (Å²) in [5.74, 6) is -0.882. The molecule has 0 N–H and O–H groups in total. The van der Waals surface area contributed by atoms with E-state index in [1.165, 1.54) is 167 Å². The quantitative estimate of drug-likeness (QED) is 0.0262. The van der Waals surface area contributed by atoms with Gasteiger partial charge < -0.3 is 14.2 Å². The number of hydrogen-bond acceptors (Lipinski definition) is 6. The van der Waals surface area contributed by atoms with Crippen molar-refractivity contribution in [3.8, 4) is 0 Å². The van der Waals surface area contributed by atoms with E-state index in [0.717, 1.165) is 89.9 Å². The summed E-state index contributed by atoms with van der Waals surface area (Å²) < 4.78 is 16.8. The summed E-state index contributed by atoms with van der Waals surface area (Å²) in [7, 11) is 0. The molecule has 1 unspecified atom stereocenters. The van der Waals surface area contributed by atoms with Crippen molar-refractivity contribution < 1.29 is 28.6 Å². The zero-order chi connectivity index (χ0) is 47.9. The average molecular weight is 926 g/mol. The molecular formula is C60H108O6. The van der Waals surface area contributed by atoms with Gasteiger partial charge in [0, 0.05) is 19.3 Å². The molecule has 0 saturated heterocycles. The van der Waals surface area contributed by atoms with Gasteiger partial charge >= 0.3 is 17.9 Å². The maximum absolute atomic E-state index is 12.8. The van der Waals surface area contributed by atoms with Gasteiger partial charge in [0.05, 0.1) is 0 Å². The highest BCUT2D eigenvalue weighted by molar-refractivity contribution is 5.71. The highest BCUT2D eigenvalue weighted by atomic mass is 16.6. The monoisotopic (exact) mass is 925 g/mol. The minimum atomic E-state index is -0.776. The molecule has 0 aliphatic carbocycles. The Balaban J connectivity index is 4.27. The van der Waals surface area contributed by atoms with Crippen LogP contribution in [0.2, 0.25) is 0 Å². The zero-order valence-corrected chi connectivity index (χ0v) is 44.0. The van der Waals surface area contributed by atoms with Crippen LogP contribution in [-0.4, -0.2) is 37.2 Å². The second kappa shape index (κ2) is 55.0. The van der Waals surface area contributed by atoms with Gasteiger partial charge in [0.2, 0.25) is 0 Å². The first kappa shape index (κ1) is 63.4. The molecule has 0 aliphatic heterocycles. The number of unbranched alkanes of at least 4 members (excludes halogenated alkanes) is 33. The van der Waals surface area contributed by atoms with E-state index in [-0.39, 0.29) is 31.1 Å². The van der Waals surface area contributed by atoms with Crippen LogP contribution in [0, 0.1) is 0 Å². The van der Waals surface area contributed by atoms with Gasteiger partial charge in [-0.25, -0.2) is 0 Å². The number of allylic oxidation sites excluding steroid dienone is 8. The Kier molecular flexibility index (Phi) is 52.8. The van der Waals surface area contributed by atoms with E-state index in [1.807, 2.05) is 0 Å². The molecule has 0 aliphatic rings. The topological polar surface area (TPSA) is 78.9 Å². The standard InChI is InChI=1S/C60H108O6/c1-4-7-10-13-16-19-22-24-26-27-28-29-30-31-32-33-35-36-38-41-44-47-50-53-59(62)65-56-57(55-64-58(61)52-49-46-43-40-21-18-15-12-9-6-3)66-60(63)54-51-48-45-42-39-37-34-25-23-20-17-14-11-8-5-2/h12,15,22,24,27-28,30-31,57H,4-11,13-14,16-21,23,25-26,29,32-56H2,1-3H3/b15-12-,24-22-,28-27-,31-30-. The first-order chi connectivity index (χ1) is 32.5. The fourth-order valence-electron chi connectivity index (χ4n) is 8.22. The number of hydrogen-bond donors (Lipinski definition) is 0. The Morgan fingerprint density at radius 1 is 0.303 bits per heavy atom. The SMILES string of the molecule is CCC/C=C\CCCCCCCC(=O)OCC(COC(=O)CCCCCCCCCC/C=C\C/C=C\C/C=C\CCCCCCC)OC(=O)CCCCCCCCCCCCCCCCC. The lowest BCUT2D eigenvalue weighted by Crippen LogP contribution is -2.30. The van der Waals surface area contributed by atoms with Crippen molar-refractivity contribution in [1.29, 1.82) is 0 Å². The highest BCUT2D eigenvalue weighted by Gasteiger charge is 2.19. The molecule has 0 spiro atoms. The lowest BCUT2D eigenvalue weighted by Gasteiger charge is -2.18. The van der Waals surface area contributed by atoms with Crippen LogP contribution in [0.25, 0.3) is 0 Å². The molecule has 0 fully saturated rings. The molecule has 1 atom stereocenters. The minimum Gasteiger partial charge on any atom is -0.462 e. The van der Waals surface area contributed by atoms with Gasteiger partial charge in [-0.3, -0.25) is 14.4 Å². The van der Waals surface area contributed by atoms with E-state index in [1.54, 1.807) is 0 Å². The van der Waals surface area contributed by atoms with Crippen LogP contribution in [0.4, 0.5) is 0 Å². The summed E-state index contributed by atoms with van der Waals surface area (Å²) in [5, 5.41) is 0. The molecule has 0 bridgehead atoms. The van der Waals surface area contributed by atoms with E-state index in [0.29, 0.717) is 19.3 Å². The maximum Gasteiger partial charge on any atom is 0.306 e. The Hall–Kier alpha value is -2.63. The lowest BCUT2D eigenvalue weighted by atomic mass is 10.0. The van der Waals surface area contributed by atoms with Crippen LogP contribution in [0.1, 0.15) is 297 Å². The van der Waals surface area contributed by atoms with E-state index in [2.05, 4.69) is 69.4 Å². The van der Waals surface area contributed by atoms with Gasteiger partial charge in [-0.05, 0) is 77.0 Å². The Morgan fingerprint density at radius 2 is 0.576 bits per heavy atom. The van der Waals surface area contributed by atoms with Crippen molar-refractivity contribution in [3.05, 3.63) is 48.6 Å². The van der Waals surface area contributed by atoms with Crippen LogP contribution in [0.3, 0.4) is 0 Å². The van der Waals surface area contributed by atoms with E-state index in [9.17, 15) is 14.4 Å². The normalized spacial score (nSPS) is 12.3. The maximum atomic E-state index is 12.8. The molecule has 0 heterocycles. The Bertz CT molecular complexity index is 1150. The fraction of sp³-hybridized carbons (Fsp3) is 0.817. The smallest absolute Gasteiger partial charge is 0.306 e. The first-order valence-corrected chi connectivity index (χ1v) is 28.6. The molecule has 0 amide bonds. The van der Waals surface area contributed by atoms with Crippen molar-refractivity contribution in [1.82, 2.24) is 0 Å². The highest BCUT2D eigenvalue weighted by Crippen LogP contribution is 2.16. The Labute approximate surface area is 409 Å². The van der Waals surface area contributed by atoms with Gasteiger partial charge in [0.15, 0.2) is 6.10 Å². The lowest BCUT2D eigenvalue weighted by molar-refractivity contribution is -0.167. The van der Waals surface area contributed by atoms with Crippen molar-refractivity contribution in [2.45, 2.75) is 303 Å². The molecular weight excluding hydrogens is 817 g/mol. The molecule has 0 aromatic rings. The van der Waals surface area contributed by atoms with Crippen molar-refractivity contribution in [2.75, 3.05) is 13.2 Å². The first-order valence-electron chi connectivity index (χ1n) is 28.6. The van der Waals surface area contributed by atoms with Crippen LogP contribution in [-0.2, 0) is 28.6 Å². The zero-order valence-electron chi connectivity index (χ0n) is 44.0. The summed E-state index contributed by atoms with van der Waals surface area (Å²) in [6, 6.07) is 0. The van der Waals surface area contributed by atoms with E-state index in [4.69, 9.17) is 14.2 Å². The predicted octanol–water partition coefficient (Wildman–Crippen LogP) is 19.0. The number of rotatable bonds is 52. The third-order valence-electron chi connectivity index (χ3n) is 12.5. The van der Waals surface area contributed by atoms with E-state index >= 15 is 0 Å². The summed E-state index contributed by atoms with van der Waals surface area (Å²) in [6.07, 6.45) is 66.8. The van der Waals surface area contributed by atoms with Gasteiger partial charge in [-0.1, -0.05) is 249 Å². The van der Waals surface area contributed by atoms with Crippen LogP contribution in [0.15, 0.2) is 48.6 Å². The second-order valence-corrected chi connectivity index (χ2v) is 19.2. The summed E-state index contributed by atoms with van der Waals surface area (Å²) in [6.45, 7) is 6.58. The van der Waals surface area contributed by atoms with Gasteiger partial charge in [-0.2, -0.15) is 0 Å². The fourth-order valence-corrected chi connectivity index (χ4v) is 8.22. The second-order valence-electron chi connectivity index (χ2n) is 19.2. The largest absolute Gasteiger partial charge is 0.462 e. The third-order valence-corrected chi connectivity index (χ3v) is 12.5. The van der Waals surface area contributed by atoms with Crippen LogP contribution >= 0.6 is 0 Å². The molecule has 0 aromatic carbocycles. The summed E-state index contributed by atoms with van der Waals surface area (Å²) in [5.41, 5.74) is 0. The van der Waals surface area contributed by atoms with Crippen molar-refractivity contribution in [3.63, 3.8) is 0 Å². The third kappa shape index (κ3) is 52.3. The number of ether oxygens (including phenoxy) is 3. The predicted molar refractivity (Wildman–Crippen MR) is 284 cm³/mol. The molecule has 0 rings (SSSR count). The average Bonchev–Trinajstić information content (AvgIpc) is 3.31.